The van der Waals surface area contributed by atoms with E-state index in [9.17, 15) is 4.79 Å². The molecule has 0 radical (unpaired) electrons. The summed E-state index contributed by atoms with van der Waals surface area (Å²) >= 11 is 0. The number of nitrogens with two attached hydrogens (primary N) is 1. The summed E-state index contributed by atoms with van der Waals surface area (Å²) in [6.45, 7) is 0.822. The van der Waals surface area contributed by atoms with Crippen LogP contribution in [0.4, 0.5) is 5.69 Å². The van der Waals surface area contributed by atoms with Crippen molar-refractivity contribution >= 4 is 11.6 Å². The molecular formula is C14H19N5O2. The maximum atomic E-state index is 11.7. The molecule has 1 amide bonds. The normalized spacial score (nSPS) is 10.3. The maximum absolute atomic E-state index is 11.7. The summed E-state index contributed by atoms with van der Waals surface area (Å²) in [4.78, 5) is 11.7. The zero-order valence-electron chi connectivity index (χ0n) is 12.0. The number of ether oxygens (including phenoxy) is 1. The van der Waals surface area contributed by atoms with Crippen LogP contribution in [-0.2, 0) is 18.3 Å². The fraction of sp³-hybridized carbons (Fsp3) is 0.357. The molecular weight excluding hydrogens is 270 g/mol. The number of rotatable bonds is 7. The Labute approximate surface area is 123 Å². The van der Waals surface area contributed by atoms with Crippen molar-refractivity contribution < 1.29 is 9.53 Å². The van der Waals surface area contributed by atoms with E-state index in [0.717, 1.165) is 5.82 Å². The number of anilines is 1. The van der Waals surface area contributed by atoms with Crippen molar-refractivity contribution in [1.82, 2.24) is 20.1 Å². The summed E-state index contributed by atoms with van der Waals surface area (Å²) in [6.07, 6.45) is 2.57. The monoisotopic (exact) mass is 289 g/mol. The molecule has 0 spiro atoms. The summed E-state index contributed by atoms with van der Waals surface area (Å²) in [5, 5.41) is 10.5. The molecule has 21 heavy (non-hydrogen) atoms. The molecule has 112 valence electrons. The molecule has 0 atom stereocenters. The molecule has 0 saturated carbocycles. The van der Waals surface area contributed by atoms with Crippen molar-refractivity contribution in [2.75, 3.05) is 18.9 Å². The van der Waals surface area contributed by atoms with E-state index in [4.69, 9.17) is 10.5 Å². The quantitative estimate of drug-likeness (QED) is 0.725. The van der Waals surface area contributed by atoms with Crippen LogP contribution in [0.25, 0.3) is 0 Å². The summed E-state index contributed by atoms with van der Waals surface area (Å²) in [6, 6.07) is 7.21. The van der Waals surface area contributed by atoms with Crippen LogP contribution in [0.3, 0.4) is 0 Å². The lowest BCUT2D eigenvalue weighted by Crippen LogP contribution is -2.27. The molecule has 7 heteroatoms. The second-order valence-corrected chi connectivity index (χ2v) is 4.59. The highest BCUT2D eigenvalue weighted by Crippen LogP contribution is 2.19. The molecule has 0 unspecified atom stereocenters. The second kappa shape index (κ2) is 7.28. The van der Waals surface area contributed by atoms with Crippen LogP contribution in [0.2, 0.25) is 0 Å². The first-order valence-corrected chi connectivity index (χ1v) is 6.73. The maximum Gasteiger partial charge on any atom is 0.223 e. The van der Waals surface area contributed by atoms with Gasteiger partial charge in [-0.2, -0.15) is 0 Å². The third-order valence-electron chi connectivity index (χ3n) is 2.98. The molecule has 0 aliphatic heterocycles. The zero-order valence-corrected chi connectivity index (χ0v) is 12.0. The van der Waals surface area contributed by atoms with Crippen LogP contribution >= 0.6 is 0 Å². The van der Waals surface area contributed by atoms with Crippen molar-refractivity contribution in [2.45, 2.75) is 12.8 Å². The van der Waals surface area contributed by atoms with E-state index in [0.29, 0.717) is 31.0 Å². The number of hydrogen-bond donors (Lipinski definition) is 2. The summed E-state index contributed by atoms with van der Waals surface area (Å²) < 4.78 is 7.29. The smallest absolute Gasteiger partial charge is 0.223 e. The van der Waals surface area contributed by atoms with Gasteiger partial charge >= 0.3 is 0 Å². The first-order valence-electron chi connectivity index (χ1n) is 6.73. The molecule has 2 aromatic rings. The Morgan fingerprint density at radius 1 is 1.43 bits per heavy atom. The lowest BCUT2D eigenvalue weighted by molar-refractivity contribution is -0.121. The number of para-hydroxylation sites is 2. The number of carbonyl (C=O) groups excluding carboxylic acids is 1. The highest BCUT2D eigenvalue weighted by atomic mass is 16.5. The fourth-order valence-corrected chi connectivity index (χ4v) is 1.80. The average molecular weight is 289 g/mol. The first-order chi connectivity index (χ1) is 10.2. The van der Waals surface area contributed by atoms with E-state index in [1.54, 1.807) is 18.5 Å². The van der Waals surface area contributed by atoms with E-state index in [1.165, 1.54) is 0 Å². The number of aromatic nitrogens is 3. The molecule has 0 fully saturated rings. The van der Waals surface area contributed by atoms with E-state index in [1.807, 2.05) is 23.7 Å². The van der Waals surface area contributed by atoms with Crippen molar-refractivity contribution in [3.8, 4) is 5.75 Å². The van der Waals surface area contributed by atoms with Gasteiger partial charge in [0.2, 0.25) is 5.91 Å². The highest BCUT2D eigenvalue weighted by Gasteiger charge is 2.05. The number of nitrogens with zero attached hydrogens (tertiary/aromatic N) is 3. The van der Waals surface area contributed by atoms with Crippen molar-refractivity contribution in [1.29, 1.82) is 0 Å². The van der Waals surface area contributed by atoms with Crippen molar-refractivity contribution in [2.24, 2.45) is 7.05 Å². The number of nitrogens with one attached hydrogen (secondary N) is 1. The predicted molar refractivity (Wildman–Crippen MR) is 78.7 cm³/mol. The number of hydrogen-bond acceptors (Lipinski definition) is 5. The summed E-state index contributed by atoms with van der Waals surface area (Å²) in [7, 11) is 1.87. The van der Waals surface area contributed by atoms with E-state index in [-0.39, 0.29) is 12.3 Å². The van der Waals surface area contributed by atoms with Gasteiger partial charge in [0.15, 0.2) is 0 Å². The topological polar surface area (TPSA) is 95.1 Å². The van der Waals surface area contributed by atoms with E-state index < -0.39 is 0 Å². The molecule has 7 nitrogen and oxygen atoms in total. The SMILES string of the molecule is Cn1cnnc1CCNC(=O)CCOc1ccccc1N. The number of nitrogen functional groups attached to an aromatic ring is 1. The van der Waals surface area contributed by atoms with E-state index >= 15 is 0 Å². The van der Waals surface area contributed by atoms with Gasteiger partial charge in [0.05, 0.1) is 18.7 Å². The number of aryl methyl sites for hydroxylation is 1. The number of carbonyl (C=O) groups is 1. The van der Waals surface area contributed by atoms with Gasteiger partial charge in [-0.3, -0.25) is 4.79 Å². The van der Waals surface area contributed by atoms with Crippen LogP contribution in [0.1, 0.15) is 12.2 Å². The molecule has 0 bridgehead atoms. The largest absolute Gasteiger partial charge is 0.491 e. The van der Waals surface area contributed by atoms with Crippen LogP contribution in [-0.4, -0.2) is 33.8 Å². The first kappa shape index (κ1) is 14.8. The Balaban J connectivity index is 1.64. The lowest BCUT2D eigenvalue weighted by atomic mass is 10.3. The van der Waals surface area contributed by atoms with Gasteiger partial charge in [-0.15, -0.1) is 10.2 Å². The number of benzene rings is 1. The Bertz CT molecular complexity index is 597. The molecule has 3 N–H and O–H groups in total. The van der Waals surface area contributed by atoms with Gasteiger partial charge < -0.3 is 20.4 Å². The second-order valence-electron chi connectivity index (χ2n) is 4.59. The third-order valence-corrected chi connectivity index (χ3v) is 2.98. The zero-order chi connectivity index (χ0) is 15.1. The van der Waals surface area contributed by atoms with Crippen molar-refractivity contribution in [3.05, 3.63) is 36.4 Å². The molecule has 2 rings (SSSR count). The third kappa shape index (κ3) is 4.48. The summed E-state index contributed by atoms with van der Waals surface area (Å²) in [5.41, 5.74) is 6.31. The van der Waals surface area contributed by atoms with Crippen LogP contribution in [0.5, 0.6) is 5.75 Å². The molecule has 1 heterocycles. The Morgan fingerprint density at radius 2 is 2.24 bits per heavy atom. The van der Waals surface area contributed by atoms with Crippen LogP contribution < -0.4 is 15.8 Å². The van der Waals surface area contributed by atoms with Crippen LogP contribution in [0.15, 0.2) is 30.6 Å². The molecule has 0 aliphatic rings. The van der Waals surface area contributed by atoms with Gasteiger partial charge in [-0.25, -0.2) is 0 Å². The van der Waals surface area contributed by atoms with Gasteiger partial charge in [0.25, 0.3) is 0 Å². The standard InChI is InChI=1S/C14H19N5O2/c1-19-10-17-18-13(19)6-8-16-14(20)7-9-21-12-5-3-2-4-11(12)15/h2-5,10H,6-9,15H2,1H3,(H,16,20). The minimum absolute atomic E-state index is 0.0633. The minimum atomic E-state index is -0.0633. The Morgan fingerprint density at radius 3 is 2.95 bits per heavy atom. The minimum Gasteiger partial charge on any atom is -0.491 e. The molecule has 1 aromatic carbocycles. The van der Waals surface area contributed by atoms with Crippen LogP contribution in [0, 0.1) is 0 Å². The summed E-state index contributed by atoms with van der Waals surface area (Å²) in [5.74, 6) is 1.37. The molecule has 0 saturated heterocycles. The van der Waals surface area contributed by atoms with E-state index in [2.05, 4.69) is 15.5 Å². The number of amides is 1. The highest BCUT2D eigenvalue weighted by molar-refractivity contribution is 5.76. The van der Waals surface area contributed by atoms with Gasteiger partial charge in [-0.05, 0) is 12.1 Å². The average Bonchev–Trinajstić information content (AvgIpc) is 2.87. The van der Waals surface area contributed by atoms with Gasteiger partial charge in [0, 0.05) is 20.0 Å². The molecule has 1 aromatic heterocycles. The molecule has 0 aliphatic carbocycles. The Kier molecular flexibility index (Phi) is 5.14. The van der Waals surface area contributed by atoms with Crippen molar-refractivity contribution in [3.63, 3.8) is 0 Å². The Hall–Kier alpha value is -2.57. The fourth-order valence-electron chi connectivity index (χ4n) is 1.80. The van der Waals surface area contributed by atoms with Gasteiger partial charge in [0.1, 0.15) is 17.9 Å². The predicted octanol–water partition coefficient (Wildman–Crippen LogP) is 0.525. The van der Waals surface area contributed by atoms with Gasteiger partial charge in [-0.1, -0.05) is 12.1 Å². The lowest BCUT2D eigenvalue weighted by Gasteiger charge is -2.08.